The summed E-state index contributed by atoms with van der Waals surface area (Å²) >= 11 is 0. The van der Waals surface area contributed by atoms with E-state index in [0.29, 0.717) is 11.4 Å². The molecule has 158 valence electrons. The second-order valence-corrected chi connectivity index (χ2v) is 9.10. The van der Waals surface area contributed by atoms with E-state index in [-0.39, 0.29) is 35.9 Å². The van der Waals surface area contributed by atoms with Crippen molar-refractivity contribution in [1.29, 1.82) is 0 Å². The molecule has 1 aromatic carbocycles. The highest BCUT2D eigenvalue weighted by molar-refractivity contribution is 7.89. The van der Waals surface area contributed by atoms with E-state index >= 15 is 0 Å². The van der Waals surface area contributed by atoms with Crippen molar-refractivity contribution in [1.82, 2.24) is 9.62 Å². The first-order valence-corrected chi connectivity index (χ1v) is 10.7. The van der Waals surface area contributed by atoms with E-state index in [1.807, 2.05) is 20.8 Å². The van der Waals surface area contributed by atoms with Crippen LogP contribution in [-0.2, 0) is 26.2 Å². The summed E-state index contributed by atoms with van der Waals surface area (Å²) in [5, 5.41) is 5.41. The molecule has 0 spiro atoms. The molecule has 0 aliphatic heterocycles. The minimum atomic E-state index is -3.97. The largest absolute Gasteiger partial charge is 0.468 e. The summed E-state index contributed by atoms with van der Waals surface area (Å²) in [5.74, 6) is -0.00394. The van der Waals surface area contributed by atoms with Gasteiger partial charge in [-0.1, -0.05) is 13.8 Å². The maximum absolute atomic E-state index is 13.2. The van der Waals surface area contributed by atoms with Crippen LogP contribution in [0.4, 0.5) is 5.69 Å². The van der Waals surface area contributed by atoms with Gasteiger partial charge in [0.05, 0.1) is 24.2 Å². The van der Waals surface area contributed by atoms with Crippen LogP contribution in [0.1, 0.15) is 33.5 Å². The average Bonchev–Trinajstić information content (AvgIpc) is 3.14. The van der Waals surface area contributed by atoms with Crippen molar-refractivity contribution in [2.24, 2.45) is 5.92 Å². The van der Waals surface area contributed by atoms with E-state index in [1.165, 1.54) is 37.5 Å². The number of furan rings is 1. The molecule has 1 unspecified atom stereocenters. The molecule has 0 bridgehead atoms. The third-order valence-corrected chi connectivity index (χ3v) is 6.24. The lowest BCUT2D eigenvalue weighted by Gasteiger charge is -2.23. The standard InChI is InChI=1S/C20H27N3O5S/c1-14(2)15(3)21-20(25)13-23(12-18-6-5-11-28-18)29(26,27)19-9-7-17(8-10-19)22-16(4)24/h5-11,14-15H,12-13H2,1-4H3,(H,21,25)(H,22,24). The molecule has 0 saturated heterocycles. The third kappa shape index (κ3) is 6.43. The normalized spacial score (nSPS) is 12.8. The van der Waals surface area contributed by atoms with Crippen molar-refractivity contribution in [3.05, 3.63) is 48.4 Å². The molecular weight excluding hydrogens is 394 g/mol. The minimum absolute atomic E-state index is 0.0165. The maximum atomic E-state index is 13.2. The molecule has 1 aromatic heterocycles. The van der Waals surface area contributed by atoms with E-state index in [9.17, 15) is 18.0 Å². The van der Waals surface area contributed by atoms with Gasteiger partial charge in [-0.3, -0.25) is 9.59 Å². The van der Waals surface area contributed by atoms with Crippen molar-refractivity contribution in [2.45, 2.75) is 45.2 Å². The van der Waals surface area contributed by atoms with E-state index in [0.717, 1.165) is 4.31 Å². The summed E-state index contributed by atoms with van der Waals surface area (Å²) in [7, 11) is -3.97. The van der Waals surface area contributed by atoms with Gasteiger partial charge < -0.3 is 15.1 Å². The number of hydrogen-bond donors (Lipinski definition) is 2. The molecular formula is C20H27N3O5S. The quantitative estimate of drug-likeness (QED) is 0.647. The van der Waals surface area contributed by atoms with Crippen LogP contribution in [0.5, 0.6) is 0 Å². The van der Waals surface area contributed by atoms with Crippen LogP contribution in [0.3, 0.4) is 0 Å². The van der Waals surface area contributed by atoms with Crippen molar-refractivity contribution in [3.63, 3.8) is 0 Å². The summed E-state index contributed by atoms with van der Waals surface area (Å²) in [6, 6.07) is 9.00. The van der Waals surface area contributed by atoms with Crippen LogP contribution >= 0.6 is 0 Å². The molecule has 0 radical (unpaired) electrons. The van der Waals surface area contributed by atoms with Gasteiger partial charge in [0.15, 0.2) is 0 Å². The lowest BCUT2D eigenvalue weighted by atomic mass is 10.1. The molecule has 2 amide bonds. The summed E-state index contributed by atoms with van der Waals surface area (Å²) in [6.07, 6.45) is 1.45. The zero-order valence-corrected chi connectivity index (χ0v) is 17.8. The summed E-state index contributed by atoms with van der Waals surface area (Å²) in [6.45, 7) is 6.76. The second kappa shape index (κ2) is 9.71. The zero-order valence-electron chi connectivity index (χ0n) is 17.0. The Hall–Kier alpha value is -2.65. The number of rotatable bonds is 9. The fourth-order valence-electron chi connectivity index (χ4n) is 2.49. The molecule has 9 heteroatoms. The van der Waals surface area contributed by atoms with E-state index < -0.39 is 15.9 Å². The Morgan fingerprint density at radius 3 is 2.28 bits per heavy atom. The van der Waals surface area contributed by atoms with Crippen LogP contribution in [-0.4, -0.2) is 37.1 Å². The Bertz CT molecular complexity index is 922. The second-order valence-electron chi connectivity index (χ2n) is 7.16. The van der Waals surface area contributed by atoms with Crippen LogP contribution in [0.15, 0.2) is 52.0 Å². The fourth-order valence-corrected chi connectivity index (χ4v) is 3.85. The Balaban J connectivity index is 2.26. The molecule has 2 rings (SSSR count). The molecule has 2 N–H and O–H groups in total. The molecule has 0 aliphatic rings. The van der Waals surface area contributed by atoms with Gasteiger partial charge in [-0.25, -0.2) is 8.42 Å². The summed E-state index contributed by atoms with van der Waals surface area (Å²) < 4.78 is 32.7. The zero-order chi connectivity index (χ0) is 21.6. The molecule has 8 nitrogen and oxygen atoms in total. The number of benzene rings is 1. The first-order chi connectivity index (χ1) is 13.6. The highest BCUT2D eigenvalue weighted by atomic mass is 32.2. The van der Waals surface area contributed by atoms with E-state index in [4.69, 9.17) is 4.42 Å². The highest BCUT2D eigenvalue weighted by Crippen LogP contribution is 2.21. The van der Waals surface area contributed by atoms with Gasteiger partial charge in [-0.15, -0.1) is 0 Å². The molecule has 29 heavy (non-hydrogen) atoms. The van der Waals surface area contributed by atoms with Gasteiger partial charge in [-0.05, 0) is 49.2 Å². The predicted molar refractivity (Wildman–Crippen MR) is 109 cm³/mol. The van der Waals surface area contributed by atoms with Crippen LogP contribution in [0, 0.1) is 5.92 Å². The number of hydrogen-bond acceptors (Lipinski definition) is 5. The predicted octanol–water partition coefficient (Wildman–Crippen LogP) is 2.59. The Morgan fingerprint density at radius 2 is 1.76 bits per heavy atom. The van der Waals surface area contributed by atoms with Crippen LogP contribution < -0.4 is 10.6 Å². The molecule has 0 saturated carbocycles. The highest BCUT2D eigenvalue weighted by Gasteiger charge is 2.28. The van der Waals surface area contributed by atoms with E-state index in [2.05, 4.69) is 10.6 Å². The molecule has 1 heterocycles. The van der Waals surface area contributed by atoms with Crippen LogP contribution in [0.2, 0.25) is 0 Å². The topological polar surface area (TPSA) is 109 Å². The lowest BCUT2D eigenvalue weighted by Crippen LogP contribution is -2.44. The SMILES string of the molecule is CC(=O)Nc1ccc(S(=O)(=O)N(CC(=O)NC(C)C(C)C)Cc2ccco2)cc1. The van der Waals surface area contributed by atoms with Crippen molar-refractivity contribution in [2.75, 3.05) is 11.9 Å². The van der Waals surface area contributed by atoms with Crippen molar-refractivity contribution in [3.8, 4) is 0 Å². The Labute approximate surface area is 171 Å². The molecule has 1 atom stereocenters. The van der Waals surface area contributed by atoms with Gasteiger partial charge >= 0.3 is 0 Å². The van der Waals surface area contributed by atoms with Gasteiger partial charge in [0, 0.05) is 18.7 Å². The molecule has 0 aliphatic carbocycles. The fraction of sp³-hybridized carbons (Fsp3) is 0.400. The van der Waals surface area contributed by atoms with E-state index in [1.54, 1.807) is 12.1 Å². The van der Waals surface area contributed by atoms with Gasteiger partial charge in [0.1, 0.15) is 5.76 Å². The number of carbonyl (C=O) groups excluding carboxylic acids is 2. The number of carbonyl (C=O) groups is 2. The summed E-state index contributed by atoms with van der Waals surface area (Å²) in [4.78, 5) is 23.6. The van der Waals surface area contributed by atoms with Gasteiger partial charge in [0.25, 0.3) is 0 Å². The number of nitrogens with zero attached hydrogens (tertiary/aromatic N) is 1. The third-order valence-electron chi connectivity index (χ3n) is 4.43. The van der Waals surface area contributed by atoms with Crippen molar-refractivity contribution >= 4 is 27.5 Å². The molecule has 0 fully saturated rings. The monoisotopic (exact) mass is 421 g/mol. The number of amides is 2. The lowest BCUT2D eigenvalue weighted by molar-refractivity contribution is -0.122. The van der Waals surface area contributed by atoms with Crippen LogP contribution in [0.25, 0.3) is 0 Å². The smallest absolute Gasteiger partial charge is 0.243 e. The first kappa shape index (κ1) is 22.6. The molecule has 2 aromatic rings. The Kier molecular flexibility index (Phi) is 7.58. The van der Waals surface area contributed by atoms with Gasteiger partial charge in [-0.2, -0.15) is 4.31 Å². The summed E-state index contributed by atoms with van der Waals surface area (Å²) in [5.41, 5.74) is 0.484. The number of sulfonamides is 1. The minimum Gasteiger partial charge on any atom is -0.468 e. The average molecular weight is 422 g/mol. The maximum Gasteiger partial charge on any atom is 0.243 e. The number of nitrogens with one attached hydrogen (secondary N) is 2. The van der Waals surface area contributed by atoms with Gasteiger partial charge in [0.2, 0.25) is 21.8 Å². The van der Waals surface area contributed by atoms with Crippen molar-refractivity contribution < 1.29 is 22.4 Å². The first-order valence-electron chi connectivity index (χ1n) is 9.29. The number of anilines is 1. The Morgan fingerprint density at radius 1 is 1.10 bits per heavy atom.